The summed E-state index contributed by atoms with van der Waals surface area (Å²) >= 11 is 0. The van der Waals surface area contributed by atoms with Crippen LogP contribution in [-0.4, -0.2) is 23.0 Å². The van der Waals surface area contributed by atoms with E-state index in [2.05, 4.69) is 22.5 Å². The van der Waals surface area contributed by atoms with E-state index < -0.39 is 0 Å². The zero-order valence-electron chi connectivity index (χ0n) is 11.8. The van der Waals surface area contributed by atoms with Crippen molar-refractivity contribution in [3.8, 4) is 0 Å². The third kappa shape index (κ3) is 3.94. The van der Waals surface area contributed by atoms with E-state index in [9.17, 15) is 4.79 Å². The fourth-order valence-electron chi connectivity index (χ4n) is 2.36. The molecule has 1 aromatic heterocycles. The predicted octanol–water partition coefficient (Wildman–Crippen LogP) is 2.96. The molecule has 4 heteroatoms. The lowest BCUT2D eigenvalue weighted by atomic mass is 10.2. The van der Waals surface area contributed by atoms with E-state index in [-0.39, 0.29) is 11.9 Å². The molecule has 0 spiro atoms. The molecular formula is C15H23N3O. The molecule has 0 saturated heterocycles. The lowest BCUT2D eigenvalue weighted by Crippen LogP contribution is -2.32. The Kier molecular flexibility index (Phi) is 4.77. The third-order valence-corrected chi connectivity index (χ3v) is 3.72. The Hall–Kier alpha value is -1.58. The van der Waals surface area contributed by atoms with Gasteiger partial charge in [0.2, 0.25) is 0 Å². The normalized spacial score (nSPS) is 17.2. The molecule has 0 aliphatic heterocycles. The molecule has 2 rings (SSSR count). The molecule has 1 atom stereocenters. The summed E-state index contributed by atoms with van der Waals surface area (Å²) in [4.78, 5) is 16.2. The van der Waals surface area contributed by atoms with Crippen LogP contribution in [0, 0.1) is 0 Å². The molecule has 1 aliphatic rings. The van der Waals surface area contributed by atoms with Crippen molar-refractivity contribution in [3.05, 3.63) is 24.0 Å². The molecule has 0 radical (unpaired) electrons. The fourth-order valence-corrected chi connectivity index (χ4v) is 2.36. The highest BCUT2D eigenvalue weighted by Crippen LogP contribution is 2.22. The highest BCUT2D eigenvalue weighted by atomic mass is 16.1. The van der Waals surface area contributed by atoms with Gasteiger partial charge < -0.3 is 10.6 Å². The summed E-state index contributed by atoms with van der Waals surface area (Å²) in [5, 5.41) is 6.42. The number of rotatable bonds is 5. The first-order valence-corrected chi connectivity index (χ1v) is 7.21. The first-order chi connectivity index (χ1) is 9.19. The molecule has 19 heavy (non-hydrogen) atoms. The summed E-state index contributed by atoms with van der Waals surface area (Å²) in [6, 6.07) is 2.62. The van der Waals surface area contributed by atoms with Crippen molar-refractivity contribution >= 4 is 11.6 Å². The average Bonchev–Trinajstić information content (AvgIpc) is 2.91. The maximum absolute atomic E-state index is 12.0. The molecule has 1 aliphatic carbocycles. The Labute approximate surface area is 115 Å². The Morgan fingerprint density at radius 1 is 1.42 bits per heavy atom. The number of pyridine rings is 1. The molecule has 1 heterocycles. The van der Waals surface area contributed by atoms with Crippen molar-refractivity contribution in [1.29, 1.82) is 0 Å². The second-order valence-corrected chi connectivity index (χ2v) is 5.37. The van der Waals surface area contributed by atoms with Crippen LogP contribution >= 0.6 is 0 Å². The van der Waals surface area contributed by atoms with Gasteiger partial charge in [-0.3, -0.25) is 9.78 Å². The number of anilines is 1. The molecule has 0 bridgehead atoms. The number of carbonyl (C=O) groups is 1. The lowest BCUT2D eigenvalue weighted by Gasteiger charge is -2.15. The number of amides is 1. The van der Waals surface area contributed by atoms with Gasteiger partial charge in [0, 0.05) is 24.5 Å². The number of hydrogen-bond donors (Lipinski definition) is 2. The van der Waals surface area contributed by atoms with Gasteiger partial charge in [0.15, 0.2) is 0 Å². The molecular weight excluding hydrogens is 238 g/mol. The van der Waals surface area contributed by atoms with Gasteiger partial charge in [0.05, 0.1) is 11.3 Å². The van der Waals surface area contributed by atoms with Crippen LogP contribution in [0.25, 0.3) is 0 Å². The summed E-state index contributed by atoms with van der Waals surface area (Å²) in [6.07, 6.45) is 9.35. The number of nitrogens with zero attached hydrogens (tertiary/aromatic N) is 1. The highest BCUT2D eigenvalue weighted by molar-refractivity contribution is 5.94. The Morgan fingerprint density at radius 3 is 2.84 bits per heavy atom. The molecule has 1 unspecified atom stereocenters. The molecule has 1 amide bonds. The SMILES string of the molecule is CCC(C)NC(=O)c1cncc(NC2CCCC2)c1. The Bertz CT molecular complexity index is 427. The smallest absolute Gasteiger partial charge is 0.253 e. The van der Waals surface area contributed by atoms with Gasteiger partial charge >= 0.3 is 0 Å². The molecule has 104 valence electrons. The van der Waals surface area contributed by atoms with Crippen LogP contribution < -0.4 is 10.6 Å². The zero-order valence-corrected chi connectivity index (χ0v) is 11.8. The zero-order chi connectivity index (χ0) is 13.7. The van der Waals surface area contributed by atoms with Crippen LogP contribution in [0.1, 0.15) is 56.3 Å². The van der Waals surface area contributed by atoms with Crippen LogP contribution in [0.3, 0.4) is 0 Å². The first kappa shape index (κ1) is 13.8. The van der Waals surface area contributed by atoms with Crippen LogP contribution in [0.4, 0.5) is 5.69 Å². The molecule has 2 N–H and O–H groups in total. The standard InChI is InChI=1S/C15H23N3O/c1-3-11(2)17-15(19)12-8-14(10-16-9-12)18-13-6-4-5-7-13/h8-11,13,18H,3-7H2,1-2H3,(H,17,19). The minimum atomic E-state index is -0.0445. The van der Waals surface area contributed by atoms with E-state index >= 15 is 0 Å². The number of nitrogens with one attached hydrogen (secondary N) is 2. The summed E-state index contributed by atoms with van der Waals surface area (Å²) in [5.41, 5.74) is 1.58. The van der Waals surface area contributed by atoms with Gasteiger partial charge in [-0.25, -0.2) is 0 Å². The maximum atomic E-state index is 12.0. The molecule has 1 aromatic rings. The van der Waals surface area contributed by atoms with Crippen LogP contribution in [0.15, 0.2) is 18.5 Å². The van der Waals surface area contributed by atoms with Crippen LogP contribution in [0.5, 0.6) is 0 Å². The van der Waals surface area contributed by atoms with Crippen molar-refractivity contribution < 1.29 is 4.79 Å². The Balaban J connectivity index is 1.99. The first-order valence-electron chi connectivity index (χ1n) is 7.21. The van der Waals surface area contributed by atoms with Gasteiger partial charge in [-0.15, -0.1) is 0 Å². The minimum Gasteiger partial charge on any atom is -0.381 e. The monoisotopic (exact) mass is 261 g/mol. The van der Waals surface area contributed by atoms with E-state index in [4.69, 9.17) is 0 Å². The van der Waals surface area contributed by atoms with E-state index in [1.807, 2.05) is 13.0 Å². The summed E-state index contributed by atoms with van der Waals surface area (Å²) in [7, 11) is 0. The molecule has 4 nitrogen and oxygen atoms in total. The summed E-state index contributed by atoms with van der Waals surface area (Å²) < 4.78 is 0. The van der Waals surface area contributed by atoms with E-state index in [0.717, 1.165) is 12.1 Å². The number of aromatic nitrogens is 1. The van der Waals surface area contributed by atoms with Crippen molar-refractivity contribution in [2.24, 2.45) is 0 Å². The van der Waals surface area contributed by atoms with Crippen molar-refractivity contribution in [2.75, 3.05) is 5.32 Å². The van der Waals surface area contributed by atoms with E-state index in [1.165, 1.54) is 25.7 Å². The average molecular weight is 261 g/mol. The largest absolute Gasteiger partial charge is 0.381 e. The third-order valence-electron chi connectivity index (χ3n) is 3.72. The summed E-state index contributed by atoms with van der Waals surface area (Å²) in [6.45, 7) is 4.06. The second kappa shape index (κ2) is 6.55. The molecule has 1 saturated carbocycles. The van der Waals surface area contributed by atoms with Crippen molar-refractivity contribution in [3.63, 3.8) is 0 Å². The number of hydrogen-bond acceptors (Lipinski definition) is 3. The van der Waals surface area contributed by atoms with E-state index in [0.29, 0.717) is 11.6 Å². The van der Waals surface area contributed by atoms with Crippen molar-refractivity contribution in [2.45, 2.75) is 58.0 Å². The quantitative estimate of drug-likeness (QED) is 0.856. The van der Waals surface area contributed by atoms with Crippen LogP contribution in [-0.2, 0) is 0 Å². The van der Waals surface area contributed by atoms with Crippen molar-refractivity contribution in [1.82, 2.24) is 10.3 Å². The highest BCUT2D eigenvalue weighted by Gasteiger charge is 2.15. The fraction of sp³-hybridized carbons (Fsp3) is 0.600. The van der Waals surface area contributed by atoms with Gasteiger partial charge in [-0.2, -0.15) is 0 Å². The molecule has 1 fully saturated rings. The second-order valence-electron chi connectivity index (χ2n) is 5.37. The van der Waals surface area contributed by atoms with Gasteiger partial charge in [0.1, 0.15) is 0 Å². The number of carbonyl (C=O) groups excluding carboxylic acids is 1. The van der Waals surface area contributed by atoms with Gasteiger partial charge in [0.25, 0.3) is 5.91 Å². The van der Waals surface area contributed by atoms with E-state index in [1.54, 1.807) is 12.4 Å². The van der Waals surface area contributed by atoms with Crippen LogP contribution in [0.2, 0.25) is 0 Å². The summed E-state index contributed by atoms with van der Waals surface area (Å²) in [5.74, 6) is -0.0445. The minimum absolute atomic E-state index is 0.0445. The predicted molar refractivity (Wildman–Crippen MR) is 77.3 cm³/mol. The maximum Gasteiger partial charge on any atom is 0.253 e. The Morgan fingerprint density at radius 2 is 2.16 bits per heavy atom. The topological polar surface area (TPSA) is 54.0 Å². The molecule has 0 aromatic carbocycles. The van der Waals surface area contributed by atoms with Gasteiger partial charge in [-0.05, 0) is 32.3 Å². The lowest BCUT2D eigenvalue weighted by molar-refractivity contribution is 0.0939. The van der Waals surface area contributed by atoms with Gasteiger partial charge in [-0.1, -0.05) is 19.8 Å².